The molecular formula is C22H39N7O3. The van der Waals surface area contributed by atoms with Crippen molar-refractivity contribution < 1.29 is 14.3 Å². The van der Waals surface area contributed by atoms with Crippen molar-refractivity contribution in [3.05, 3.63) is 5.82 Å². The fraction of sp³-hybridized carbons (Fsp3) is 0.818. The molecule has 0 unspecified atom stereocenters. The summed E-state index contributed by atoms with van der Waals surface area (Å²) >= 11 is 0. The summed E-state index contributed by atoms with van der Waals surface area (Å²) in [4.78, 5) is 27.7. The van der Waals surface area contributed by atoms with Gasteiger partial charge in [0, 0.05) is 45.1 Å². The van der Waals surface area contributed by atoms with Gasteiger partial charge in [0.15, 0.2) is 0 Å². The monoisotopic (exact) mass is 449 g/mol. The van der Waals surface area contributed by atoms with Gasteiger partial charge in [-0.2, -0.15) is 15.0 Å². The lowest BCUT2D eigenvalue weighted by Crippen LogP contribution is -2.27. The molecule has 2 aliphatic rings. The van der Waals surface area contributed by atoms with Crippen LogP contribution in [0.25, 0.3) is 0 Å². The zero-order valence-corrected chi connectivity index (χ0v) is 19.2. The molecule has 1 amide bonds. The Hall–Kier alpha value is -2.04. The molecule has 0 atom stereocenters. The van der Waals surface area contributed by atoms with Crippen molar-refractivity contribution in [1.82, 2.24) is 19.9 Å². The molecule has 1 aliphatic carbocycles. The maximum Gasteiger partial charge on any atom is 0.227 e. The maximum atomic E-state index is 11.8. The number of likely N-dealkylation sites (tertiary alicyclic amines) is 1. The minimum atomic E-state index is 0.268. The second-order valence-electron chi connectivity index (χ2n) is 8.38. The van der Waals surface area contributed by atoms with Crippen LogP contribution in [0.15, 0.2) is 0 Å². The van der Waals surface area contributed by atoms with Crippen molar-refractivity contribution in [1.29, 1.82) is 0 Å². The third-order valence-electron chi connectivity index (χ3n) is 5.85. The fourth-order valence-corrected chi connectivity index (χ4v) is 4.14. The van der Waals surface area contributed by atoms with E-state index < -0.39 is 0 Å². The van der Waals surface area contributed by atoms with E-state index >= 15 is 0 Å². The summed E-state index contributed by atoms with van der Waals surface area (Å²) in [6, 6.07) is 0. The summed E-state index contributed by atoms with van der Waals surface area (Å²) in [5, 5.41) is 6.60. The van der Waals surface area contributed by atoms with Gasteiger partial charge in [-0.3, -0.25) is 4.79 Å². The van der Waals surface area contributed by atoms with Crippen molar-refractivity contribution in [2.75, 3.05) is 69.8 Å². The molecule has 2 fully saturated rings. The van der Waals surface area contributed by atoms with Crippen LogP contribution < -0.4 is 16.4 Å². The first-order valence-electron chi connectivity index (χ1n) is 12.1. The molecule has 0 aromatic carbocycles. The second kappa shape index (κ2) is 14.2. The van der Waals surface area contributed by atoms with Crippen LogP contribution in [0.4, 0.5) is 11.9 Å². The summed E-state index contributed by atoms with van der Waals surface area (Å²) in [5.41, 5.74) is 5.39. The van der Waals surface area contributed by atoms with Gasteiger partial charge in [-0.15, -0.1) is 0 Å². The first-order valence-corrected chi connectivity index (χ1v) is 12.1. The number of rotatable bonds is 15. The number of hydrogen-bond donors (Lipinski definition) is 3. The molecule has 10 nitrogen and oxygen atoms in total. The van der Waals surface area contributed by atoms with Gasteiger partial charge in [-0.05, 0) is 25.7 Å². The van der Waals surface area contributed by atoms with Crippen LogP contribution in [0.1, 0.15) is 63.1 Å². The fourth-order valence-electron chi connectivity index (χ4n) is 4.14. The number of nitrogens with zero attached hydrogens (tertiary/aromatic N) is 4. The summed E-state index contributed by atoms with van der Waals surface area (Å²) in [6.45, 7) is 5.71. The molecule has 1 aromatic heterocycles. The Balaban J connectivity index is 1.47. The van der Waals surface area contributed by atoms with E-state index in [0.29, 0.717) is 63.8 Å². The molecule has 0 radical (unpaired) electrons. The van der Waals surface area contributed by atoms with E-state index in [4.69, 9.17) is 25.2 Å². The highest BCUT2D eigenvalue weighted by Gasteiger charge is 2.21. The van der Waals surface area contributed by atoms with Crippen LogP contribution in [0.2, 0.25) is 0 Å². The number of carbonyl (C=O) groups is 1. The van der Waals surface area contributed by atoms with Gasteiger partial charge in [-0.25, -0.2) is 0 Å². The van der Waals surface area contributed by atoms with E-state index in [9.17, 15) is 4.79 Å². The number of nitrogens with two attached hydrogens (primary N) is 1. The lowest BCUT2D eigenvalue weighted by atomic mass is 9.89. The molecule has 1 aliphatic heterocycles. The zero-order chi connectivity index (χ0) is 22.4. The zero-order valence-electron chi connectivity index (χ0n) is 19.2. The van der Waals surface area contributed by atoms with Crippen molar-refractivity contribution >= 4 is 17.8 Å². The largest absolute Gasteiger partial charge is 0.378 e. The van der Waals surface area contributed by atoms with Crippen LogP contribution in [0.5, 0.6) is 0 Å². The van der Waals surface area contributed by atoms with E-state index in [0.717, 1.165) is 51.1 Å². The van der Waals surface area contributed by atoms with E-state index in [1.807, 2.05) is 4.90 Å². The number of nitrogens with one attached hydrogen (secondary N) is 2. The van der Waals surface area contributed by atoms with Gasteiger partial charge in [0.25, 0.3) is 0 Å². The SMILES string of the molecule is NCCOCCOCCNc1nc(NCCCN2CCCC2=O)nc(C2CCCCC2)n1. The Labute approximate surface area is 191 Å². The number of aromatic nitrogens is 3. The standard InChI is InChI=1S/C22H39N7O3/c23-9-14-31-16-17-32-15-11-25-22-27-20(18-6-2-1-3-7-18)26-21(28-22)24-10-5-13-29-12-4-8-19(29)30/h18H,1-17,23H2,(H2,24,25,26,27,28). The number of hydrogen-bond acceptors (Lipinski definition) is 9. The Morgan fingerprint density at radius 3 is 2.31 bits per heavy atom. The average Bonchev–Trinajstić information content (AvgIpc) is 3.23. The van der Waals surface area contributed by atoms with Crippen LogP contribution in [-0.4, -0.2) is 84.9 Å². The molecule has 4 N–H and O–H groups in total. The normalized spacial score (nSPS) is 17.2. The number of amides is 1. The molecule has 2 heterocycles. The van der Waals surface area contributed by atoms with Gasteiger partial charge in [-0.1, -0.05) is 19.3 Å². The van der Waals surface area contributed by atoms with Crippen molar-refractivity contribution in [3.63, 3.8) is 0 Å². The molecule has 1 aromatic rings. The van der Waals surface area contributed by atoms with Crippen LogP contribution >= 0.6 is 0 Å². The quantitative estimate of drug-likeness (QED) is 0.343. The summed E-state index contributed by atoms with van der Waals surface area (Å²) in [5.74, 6) is 2.72. The van der Waals surface area contributed by atoms with E-state index in [1.165, 1.54) is 19.3 Å². The minimum absolute atomic E-state index is 0.268. The molecule has 10 heteroatoms. The predicted molar refractivity (Wildman–Crippen MR) is 124 cm³/mol. The van der Waals surface area contributed by atoms with Crippen molar-refractivity contribution in [3.8, 4) is 0 Å². The molecule has 0 bridgehead atoms. The van der Waals surface area contributed by atoms with E-state index in [2.05, 4.69) is 15.6 Å². The van der Waals surface area contributed by atoms with E-state index in [-0.39, 0.29) is 5.91 Å². The second-order valence-corrected chi connectivity index (χ2v) is 8.38. The Morgan fingerprint density at radius 1 is 0.906 bits per heavy atom. The van der Waals surface area contributed by atoms with Crippen LogP contribution in [-0.2, 0) is 14.3 Å². The Kier molecular flexibility index (Phi) is 10.9. The topological polar surface area (TPSA) is 128 Å². The third-order valence-corrected chi connectivity index (χ3v) is 5.85. The molecule has 3 rings (SSSR count). The lowest BCUT2D eigenvalue weighted by molar-refractivity contribution is -0.127. The number of anilines is 2. The maximum absolute atomic E-state index is 11.8. The van der Waals surface area contributed by atoms with E-state index in [1.54, 1.807) is 0 Å². The highest BCUT2D eigenvalue weighted by molar-refractivity contribution is 5.78. The van der Waals surface area contributed by atoms with Crippen molar-refractivity contribution in [2.45, 2.75) is 57.3 Å². The van der Waals surface area contributed by atoms with Crippen LogP contribution in [0.3, 0.4) is 0 Å². The van der Waals surface area contributed by atoms with Crippen molar-refractivity contribution in [2.24, 2.45) is 5.73 Å². The first-order chi connectivity index (χ1) is 15.8. The van der Waals surface area contributed by atoms with Gasteiger partial charge in [0.1, 0.15) is 5.82 Å². The van der Waals surface area contributed by atoms with Crippen LogP contribution in [0, 0.1) is 0 Å². The Morgan fingerprint density at radius 2 is 1.62 bits per heavy atom. The van der Waals surface area contributed by atoms with Gasteiger partial charge >= 0.3 is 0 Å². The number of ether oxygens (including phenoxy) is 2. The van der Waals surface area contributed by atoms with Gasteiger partial charge in [0.05, 0.1) is 26.4 Å². The molecule has 32 heavy (non-hydrogen) atoms. The lowest BCUT2D eigenvalue weighted by Gasteiger charge is -2.21. The third kappa shape index (κ3) is 8.48. The summed E-state index contributed by atoms with van der Waals surface area (Å²) in [7, 11) is 0. The molecule has 1 saturated carbocycles. The minimum Gasteiger partial charge on any atom is -0.378 e. The smallest absolute Gasteiger partial charge is 0.227 e. The predicted octanol–water partition coefficient (Wildman–Crippen LogP) is 1.75. The summed E-state index contributed by atoms with van der Waals surface area (Å²) in [6.07, 6.45) is 8.54. The average molecular weight is 450 g/mol. The highest BCUT2D eigenvalue weighted by atomic mass is 16.5. The number of carbonyl (C=O) groups excluding carboxylic acids is 1. The molecule has 1 saturated heterocycles. The molecule has 180 valence electrons. The Bertz CT molecular complexity index is 685. The highest BCUT2D eigenvalue weighted by Crippen LogP contribution is 2.31. The first kappa shape index (κ1) is 24.6. The summed E-state index contributed by atoms with van der Waals surface area (Å²) < 4.78 is 10.9. The van der Waals surface area contributed by atoms with Gasteiger partial charge in [0.2, 0.25) is 17.8 Å². The molecular weight excluding hydrogens is 410 g/mol. The van der Waals surface area contributed by atoms with Gasteiger partial charge < -0.3 is 30.7 Å². The molecule has 0 spiro atoms.